The van der Waals surface area contributed by atoms with Gasteiger partial charge in [0.1, 0.15) is 11.2 Å². The van der Waals surface area contributed by atoms with Gasteiger partial charge in [-0.1, -0.05) is 24.6 Å². The van der Waals surface area contributed by atoms with Crippen molar-refractivity contribution >= 4 is 27.5 Å². The molecule has 3 rings (SSSR count). The van der Waals surface area contributed by atoms with E-state index in [1.165, 1.54) is 17.7 Å². The van der Waals surface area contributed by atoms with Gasteiger partial charge in [0.2, 0.25) is 0 Å². The Bertz CT molecular complexity index is 911. The molecule has 1 aromatic carbocycles. The van der Waals surface area contributed by atoms with Gasteiger partial charge in [0, 0.05) is 10.4 Å². The van der Waals surface area contributed by atoms with E-state index in [4.69, 9.17) is 0 Å². The van der Waals surface area contributed by atoms with E-state index in [0.717, 1.165) is 21.5 Å². The molecule has 22 heavy (non-hydrogen) atoms. The molecule has 0 saturated carbocycles. The van der Waals surface area contributed by atoms with Gasteiger partial charge >= 0.3 is 0 Å². The summed E-state index contributed by atoms with van der Waals surface area (Å²) in [6, 6.07) is 9.03. The molecule has 1 N–H and O–H groups in total. The van der Waals surface area contributed by atoms with Gasteiger partial charge in [-0.25, -0.2) is 9.66 Å². The van der Waals surface area contributed by atoms with Gasteiger partial charge < -0.3 is 0 Å². The summed E-state index contributed by atoms with van der Waals surface area (Å²) in [5.41, 5.74) is 3.81. The van der Waals surface area contributed by atoms with Gasteiger partial charge in [-0.2, -0.15) is 0 Å². The number of carbonyl (C=O) groups is 1. The number of fused-ring (bicyclic) bond motifs is 1. The van der Waals surface area contributed by atoms with Crippen LogP contribution in [0.4, 0.5) is 0 Å². The smallest absolute Gasteiger partial charge is 0.267 e. The van der Waals surface area contributed by atoms with Crippen LogP contribution in [0.15, 0.2) is 41.5 Å². The average molecular weight is 313 g/mol. The van der Waals surface area contributed by atoms with Gasteiger partial charge in [-0.15, -0.1) is 11.3 Å². The lowest BCUT2D eigenvalue weighted by molar-refractivity contribution is 0.101. The highest BCUT2D eigenvalue weighted by atomic mass is 32.1. The van der Waals surface area contributed by atoms with Gasteiger partial charge in [-0.05, 0) is 31.5 Å². The van der Waals surface area contributed by atoms with E-state index < -0.39 is 0 Å². The largest absolute Gasteiger partial charge is 0.280 e. The molecule has 6 heteroatoms. The minimum atomic E-state index is -0.335. The highest BCUT2D eigenvalue weighted by Crippen LogP contribution is 2.20. The molecule has 0 saturated heterocycles. The number of hydrogen-bond donors (Lipinski definition) is 1. The molecule has 0 unspecified atom stereocenters. The first-order chi connectivity index (χ1) is 10.6. The number of nitrogens with zero attached hydrogens (tertiary/aromatic N) is 2. The molecule has 2 aromatic heterocycles. The Balaban J connectivity index is 1.95. The van der Waals surface area contributed by atoms with Gasteiger partial charge in [-0.3, -0.25) is 15.0 Å². The zero-order valence-electron chi connectivity index (χ0n) is 12.3. The molecular formula is C16H15N3O2S. The highest BCUT2D eigenvalue weighted by Gasteiger charge is 2.11. The number of aromatic nitrogens is 2. The number of rotatable bonds is 3. The Morgan fingerprint density at radius 1 is 1.36 bits per heavy atom. The molecule has 5 nitrogen and oxygen atoms in total. The highest BCUT2D eigenvalue weighted by molar-refractivity contribution is 7.18. The normalized spacial score (nSPS) is 10.8. The lowest BCUT2D eigenvalue weighted by Gasteiger charge is -2.07. The van der Waals surface area contributed by atoms with E-state index in [1.54, 1.807) is 18.2 Å². The third kappa shape index (κ3) is 2.65. The molecule has 0 atom stereocenters. The lowest BCUT2D eigenvalue weighted by Crippen LogP contribution is -2.33. The summed E-state index contributed by atoms with van der Waals surface area (Å²) < 4.78 is 1.14. The summed E-state index contributed by atoms with van der Waals surface area (Å²) in [6.45, 7) is 3.94. The topological polar surface area (TPSA) is 64.0 Å². The number of aryl methyl sites for hydroxylation is 2. The van der Waals surface area contributed by atoms with E-state index in [2.05, 4.69) is 10.4 Å². The summed E-state index contributed by atoms with van der Waals surface area (Å²) in [6.07, 6.45) is 2.21. The van der Waals surface area contributed by atoms with E-state index in [0.29, 0.717) is 15.8 Å². The Labute approximate surface area is 131 Å². The zero-order chi connectivity index (χ0) is 15.7. The Kier molecular flexibility index (Phi) is 3.77. The van der Waals surface area contributed by atoms with Crippen molar-refractivity contribution < 1.29 is 4.79 Å². The Morgan fingerprint density at radius 2 is 2.18 bits per heavy atom. The van der Waals surface area contributed by atoms with Gasteiger partial charge in [0.25, 0.3) is 11.5 Å². The summed E-state index contributed by atoms with van der Waals surface area (Å²) >= 11 is 1.50. The first-order valence-electron chi connectivity index (χ1n) is 6.96. The minimum absolute atomic E-state index is 0.262. The number of hydrogen-bond acceptors (Lipinski definition) is 4. The van der Waals surface area contributed by atoms with E-state index in [9.17, 15) is 9.59 Å². The molecule has 0 aliphatic heterocycles. The number of carbonyl (C=O) groups excluding carboxylic acids is 1. The molecule has 0 spiro atoms. The summed E-state index contributed by atoms with van der Waals surface area (Å²) in [7, 11) is 0. The van der Waals surface area contributed by atoms with Crippen LogP contribution in [0.25, 0.3) is 10.2 Å². The first kappa shape index (κ1) is 14.5. The number of nitrogens with one attached hydrogen (secondary N) is 1. The summed E-state index contributed by atoms with van der Waals surface area (Å²) in [5.74, 6) is -0.335. The van der Waals surface area contributed by atoms with Crippen molar-refractivity contribution in [2.24, 2.45) is 0 Å². The van der Waals surface area contributed by atoms with E-state index in [-0.39, 0.29) is 11.5 Å². The maximum atomic E-state index is 12.4. The van der Waals surface area contributed by atoms with Gasteiger partial charge in [0.05, 0.1) is 5.39 Å². The fraction of sp³-hybridized carbons (Fsp3) is 0.188. The molecular weight excluding hydrogens is 298 g/mol. The third-order valence-electron chi connectivity index (χ3n) is 3.35. The predicted molar refractivity (Wildman–Crippen MR) is 88.1 cm³/mol. The minimum Gasteiger partial charge on any atom is -0.267 e. The average Bonchev–Trinajstić information content (AvgIpc) is 2.94. The van der Waals surface area contributed by atoms with Crippen LogP contribution in [0.1, 0.15) is 27.7 Å². The summed E-state index contributed by atoms with van der Waals surface area (Å²) in [5, 5.41) is 0.536. The van der Waals surface area contributed by atoms with Crippen LogP contribution in [0.5, 0.6) is 0 Å². The maximum Gasteiger partial charge on any atom is 0.280 e. The number of amides is 1. The number of thiophene rings is 1. The van der Waals surface area contributed by atoms with Crippen molar-refractivity contribution in [3.05, 3.63) is 63.0 Å². The van der Waals surface area contributed by atoms with E-state index in [1.807, 2.05) is 26.0 Å². The van der Waals surface area contributed by atoms with Gasteiger partial charge in [0.15, 0.2) is 0 Å². The Hall–Kier alpha value is -2.47. The van der Waals surface area contributed by atoms with Crippen LogP contribution in [0, 0.1) is 6.92 Å². The fourth-order valence-electron chi connectivity index (χ4n) is 2.19. The Morgan fingerprint density at radius 3 is 2.91 bits per heavy atom. The monoisotopic (exact) mass is 313 g/mol. The molecule has 112 valence electrons. The molecule has 3 aromatic rings. The van der Waals surface area contributed by atoms with Crippen LogP contribution in [0.2, 0.25) is 0 Å². The van der Waals surface area contributed by atoms with Crippen LogP contribution >= 0.6 is 11.3 Å². The van der Waals surface area contributed by atoms with Crippen molar-refractivity contribution in [3.63, 3.8) is 0 Å². The van der Waals surface area contributed by atoms with Crippen LogP contribution < -0.4 is 11.0 Å². The maximum absolute atomic E-state index is 12.4. The molecule has 0 radical (unpaired) electrons. The second-order valence-corrected chi connectivity index (χ2v) is 6.13. The molecule has 0 fully saturated rings. The lowest BCUT2D eigenvalue weighted by atomic mass is 10.1. The van der Waals surface area contributed by atoms with Crippen molar-refractivity contribution in [2.75, 3.05) is 5.43 Å². The van der Waals surface area contributed by atoms with Crippen molar-refractivity contribution in [1.82, 2.24) is 9.66 Å². The SMILES string of the molecule is CCc1cc2c(=O)n(NC(=O)c3cccc(C)c3)cnc2s1. The zero-order valence-corrected chi connectivity index (χ0v) is 13.1. The van der Waals surface area contributed by atoms with Crippen LogP contribution in [-0.2, 0) is 6.42 Å². The van der Waals surface area contributed by atoms with Crippen LogP contribution in [-0.4, -0.2) is 15.6 Å². The van der Waals surface area contributed by atoms with Crippen molar-refractivity contribution in [3.8, 4) is 0 Å². The second-order valence-electron chi connectivity index (χ2n) is 5.02. The van der Waals surface area contributed by atoms with Crippen LogP contribution in [0.3, 0.4) is 0 Å². The number of benzene rings is 1. The van der Waals surface area contributed by atoms with Crippen molar-refractivity contribution in [2.45, 2.75) is 20.3 Å². The first-order valence-corrected chi connectivity index (χ1v) is 7.78. The third-order valence-corrected chi connectivity index (χ3v) is 4.54. The molecule has 2 heterocycles. The van der Waals surface area contributed by atoms with E-state index >= 15 is 0 Å². The summed E-state index contributed by atoms with van der Waals surface area (Å²) in [4.78, 5) is 30.7. The fourth-order valence-corrected chi connectivity index (χ4v) is 3.11. The molecule has 1 amide bonds. The second kappa shape index (κ2) is 5.73. The molecule has 0 aliphatic carbocycles. The predicted octanol–water partition coefficient (Wildman–Crippen LogP) is 2.71. The standard InChI is InChI=1S/C16H15N3O2S/c1-3-12-8-13-15(22-12)17-9-19(16(13)21)18-14(20)11-6-4-5-10(2)7-11/h4-9H,3H2,1-2H3,(H,18,20). The van der Waals surface area contributed by atoms with Crippen molar-refractivity contribution in [1.29, 1.82) is 0 Å². The molecule has 0 aliphatic rings. The quantitative estimate of drug-likeness (QED) is 0.808. The molecule has 0 bridgehead atoms.